The molecule has 0 amide bonds. The lowest BCUT2D eigenvalue weighted by Crippen LogP contribution is -2.59. The SMILES string of the molecule is CC1OC(C)[C@@H](O)C(O)C1O.CC1O[C@@H](OCCN)C(O)[C@@H](O)[C@@H]1O.CC1O[C@@H](OCCNC(=S)Nc2ccc(-c3c4ccc(=O)cc-4oc4cc(O)ccc34)cc2)C(O)[C@@H](O)[C@@H]1O.O=C=O.O=C=O.O=c1ccc2c(-c3ccc(NC(=S)NCCO[C@H]4OC(CO)[C@@H](O)[C@H](O)C4O)cc3)c3ccc(O)cc3oc-2c1.[N-]=[N+]=NCCO[C@H]1OC(CO)[C@@H](O)[C@H](O)C1O. The molecule has 46 heteroatoms. The zero-order valence-corrected chi connectivity index (χ0v) is 69.9. The molecule has 0 saturated carbocycles. The van der Waals surface area contributed by atoms with Crippen molar-refractivity contribution in [2.24, 2.45) is 10.8 Å². The molecule has 0 aromatic heterocycles. The van der Waals surface area contributed by atoms with Gasteiger partial charge in [0.25, 0.3) is 0 Å². The molecule has 9 aliphatic rings. The fourth-order valence-electron chi connectivity index (χ4n) is 13.2. The van der Waals surface area contributed by atoms with E-state index in [0.717, 1.165) is 49.8 Å². The van der Waals surface area contributed by atoms with E-state index in [1.165, 1.54) is 36.4 Å². The Hall–Kier alpha value is -9.77. The van der Waals surface area contributed by atoms with Gasteiger partial charge in [-0.3, -0.25) is 9.59 Å². The molecule has 4 aromatic carbocycles. The Balaban J connectivity index is 0.000000233. The number of anilines is 2. The Labute approximate surface area is 732 Å². The van der Waals surface area contributed by atoms with Crippen LogP contribution in [0, 0.1) is 0 Å². The fraction of sp³-hybridized carbons (Fsp3) is 0.481. The molecule has 13 rings (SSSR count). The maximum absolute atomic E-state index is 11.9. The molecule has 2 aliphatic carbocycles. The van der Waals surface area contributed by atoms with Gasteiger partial charge < -0.3 is 175 Å². The fourth-order valence-corrected chi connectivity index (χ4v) is 13.7. The van der Waals surface area contributed by atoms with Gasteiger partial charge in [-0.05, 0) is 142 Å². The second-order valence-electron chi connectivity index (χ2n) is 28.7. The third-order valence-corrected chi connectivity index (χ3v) is 20.4. The zero-order chi connectivity index (χ0) is 93.6. The predicted octanol–water partition coefficient (Wildman–Crippen LogP) is -2.61. The van der Waals surface area contributed by atoms with Gasteiger partial charge in [0.05, 0.1) is 64.1 Å². The topological polar surface area (TPSA) is 719 Å². The van der Waals surface area contributed by atoms with Crippen LogP contribution in [-0.4, -0.2) is 339 Å². The minimum Gasteiger partial charge on any atom is -0.508 e. The van der Waals surface area contributed by atoms with E-state index >= 15 is 0 Å². The van der Waals surface area contributed by atoms with Crippen molar-refractivity contribution in [3.05, 3.63) is 152 Å². The number of nitrogens with zero attached hydrogens (tertiary/aromatic N) is 3. The molecule has 7 heterocycles. The second-order valence-corrected chi connectivity index (χ2v) is 29.5. The smallest absolute Gasteiger partial charge is 0.373 e. The van der Waals surface area contributed by atoms with Gasteiger partial charge in [-0.15, -0.1) is 0 Å². The Morgan fingerprint density at radius 1 is 0.433 bits per heavy atom. The Kier molecular flexibility index (Phi) is 41.7. The number of aliphatic hydroxyl groups excluding tert-OH is 17. The van der Waals surface area contributed by atoms with Gasteiger partial charge in [-0.2, -0.15) is 19.2 Å². The van der Waals surface area contributed by atoms with Gasteiger partial charge >= 0.3 is 12.3 Å². The van der Waals surface area contributed by atoms with Crippen LogP contribution in [0.25, 0.3) is 77.3 Å². The van der Waals surface area contributed by atoms with E-state index < -0.39 is 167 Å². The molecule has 0 radical (unpaired) electrons. The molecule has 0 bridgehead atoms. The molecule has 25 N–H and O–H groups in total. The monoisotopic (exact) mass is 1830 g/mol. The maximum atomic E-state index is 11.9. The molecule has 5 saturated heterocycles. The number of aromatic hydroxyl groups is 2. The first-order chi connectivity index (χ1) is 60.5. The standard InChI is InChI=1S/C28H28N2O9S.C28H28N2O8S.C8H15N3O6.C8H17NO5.C7H14O4.2CO2/c31-13-22-24(34)25(35)26(36)27(39-22)37-10-9-29-28(40)30-15-3-1-14(2-4-15)23-18-7-5-16(32)11-20(18)38-21-12-17(33)6-8-19(21)23;1-14-24(33)25(34)26(35)27(37-14)36-11-10-29-28(39)30-16-4-2-15(3-5-16)23-19-8-6-17(31)12-21(19)38-22-13-18(32)7-9-20(22)23;9-11-10-1-2-16-8-7(15)6(14)5(13)4(3-12)17-8;1-4-5(10)6(11)7(12)8(14-4)13-3-2-9;1-3-5(8)7(10)6(9)4(2)11-3;2*2-1-3/h1-8,11-12,22,24-27,31-32,34-36H,9-10,13H2,(H2,29,30,40);2-9,12-14,24-27,31,33-35H,10-11H2,1H3,(H2,29,30,39);4-8,12-15H,1-3H2;4-8,10-12H,2-3,9H2,1H3;3-10H,1-2H3;;/t22?,24-,25+,26?,27+;14?,24-,25+,26?,27-;4?,5-,6+,7?,8+;4?,5-,6+,7?,8-;3?,4?,5-,6?,7?;;/m11111../s1. The summed E-state index contributed by atoms with van der Waals surface area (Å²) in [6.45, 7) is 6.79. The summed E-state index contributed by atoms with van der Waals surface area (Å²) in [6, 6.07) is 34.1. The quantitative estimate of drug-likeness (QED) is 0.00875. The number of benzene rings is 6. The van der Waals surface area contributed by atoms with Crippen molar-refractivity contribution in [3.63, 3.8) is 0 Å². The number of thiocarbonyl (C=S) groups is 2. The molecule has 5 fully saturated rings. The van der Waals surface area contributed by atoms with E-state index in [1.807, 2.05) is 48.5 Å². The number of phenols is 2. The van der Waals surface area contributed by atoms with E-state index in [4.69, 9.17) is 111 Å². The van der Waals surface area contributed by atoms with Crippen LogP contribution in [0.4, 0.5) is 11.4 Å². The van der Waals surface area contributed by atoms with Gasteiger partial charge in [0.1, 0.15) is 138 Å². The van der Waals surface area contributed by atoms with Gasteiger partial charge in [-0.1, -0.05) is 29.4 Å². The summed E-state index contributed by atoms with van der Waals surface area (Å²) in [4.78, 5) is 58.9. The number of aliphatic hydroxyl groups is 17. The summed E-state index contributed by atoms with van der Waals surface area (Å²) in [7, 11) is 0. The highest BCUT2D eigenvalue weighted by atomic mass is 32.1. The number of carbonyl (C=O) groups excluding carboxylic acids is 4. The summed E-state index contributed by atoms with van der Waals surface area (Å²) < 4.78 is 58.9. The number of nitrogens with one attached hydrogen (secondary N) is 4. The summed E-state index contributed by atoms with van der Waals surface area (Å²) in [5.41, 5.74) is 20.3. The van der Waals surface area contributed by atoms with Gasteiger partial charge in [0, 0.05) is 99.8 Å². The number of rotatable bonds is 21. The van der Waals surface area contributed by atoms with Crippen molar-refractivity contribution in [2.45, 2.75) is 181 Å². The minimum atomic E-state index is -1.51. The van der Waals surface area contributed by atoms with E-state index in [1.54, 1.807) is 64.1 Å². The van der Waals surface area contributed by atoms with Crippen molar-refractivity contribution in [1.29, 1.82) is 0 Å². The summed E-state index contributed by atoms with van der Waals surface area (Å²) in [5, 5.41) is 199. The lowest BCUT2D eigenvalue weighted by Gasteiger charge is -2.39. The van der Waals surface area contributed by atoms with E-state index in [9.17, 15) is 102 Å². The maximum Gasteiger partial charge on any atom is 0.373 e. The zero-order valence-electron chi connectivity index (χ0n) is 68.2. The first kappa shape index (κ1) is 104. The number of azide groups is 1. The molecule has 12 unspecified atom stereocenters. The van der Waals surface area contributed by atoms with E-state index in [0.29, 0.717) is 51.7 Å². The molecule has 44 nitrogen and oxygen atoms in total. The van der Waals surface area contributed by atoms with Gasteiger partial charge in [-0.25, -0.2) is 0 Å². The molecular weight excluding hydrogens is 1730 g/mol. The molecular formula is C81H102N8O36S2. The van der Waals surface area contributed by atoms with Crippen LogP contribution in [0.5, 0.6) is 11.5 Å². The minimum absolute atomic E-state index is 0.00719. The van der Waals surface area contributed by atoms with Crippen LogP contribution in [0.15, 0.2) is 145 Å². The van der Waals surface area contributed by atoms with Crippen molar-refractivity contribution in [3.8, 4) is 56.4 Å². The Morgan fingerprint density at radius 2 is 0.756 bits per heavy atom. The van der Waals surface area contributed by atoms with Crippen LogP contribution in [0.2, 0.25) is 0 Å². The Bertz CT molecular complexity index is 4930. The number of ether oxygens (including phenoxy) is 9. The lowest BCUT2D eigenvalue weighted by atomic mass is 9.93. The Morgan fingerprint density at radius 3 is 1.10 bits per heavy atom. The summed E-state index contributed by atoms with van der Waals surface area (Å²) in [6.07, 6.45) is -27.3. The van der Waals surface area contributed by atoms with Gasteiger partial charge in [0.2, 0.25) is 0 Å². The largest absolute Gasteiger partial charge is 0.508 e. The first-order valence-corrected chi connectivity index (χ1v) is 39.9. The predicted molar refractivity (Wildman–Crippen MR) is 448 cm³/mol. The van der Waals surface area contributed by atoms with Crippen LogP contribution < -0.4 is 37.9 Å². The van der Waals surface area contributed by atoms with Crippen LogP contribution in [-0.2, 0) is 61.8 Å². The van der Waals surface area contributed by atoms with Crippen LogP contribution >= 0.6 is 24.4 Å². The lowest BCUT2D eigenvalue weighted by molar-refractivity contribution is -0.300. The molecule has 694 valence electrons. The average Bonchev–Trinajstić information content (AvgIpc) is 0.743. The van der Waals surface area contributed by atoms with Gasteiger partial charge in [0.15, 0.2) is 46.2 Å². The van der Waals surface area contributed by atoms with Crippen molar-refractivity contribution in [1.82, 2.24) is 10.6 Å². The number of hydrogen-bond acceptors (Lipinski definition) is 40. The van der Waals surface area contributed by atoms with Crippen molar-refractivity contribution in [2.75, 3.05) is 76.5 Å². The number of hydrogen-bond donors (Lipinski definition) is 24. The molecule has 4 aromatic rings. The third-order valence-electron chi connectivity index (χ3n) is 19.9. The number of phenolic OH excluding ortho intramolecular Hbond substituents is 2. The second kappa shape index (κ2) is 50.8. The normalized spacial score (nSPS) is 28.9. The van der Waals surface area contributed by atoms with Crippen LogP contribution in [0.1, 0.15) is 27.7 Å². The molecule has 0 spiro atoms. The third kappa shape index (κ3) is 28.6. The van der Waals surface area contributed by atoms with Crippen molar-refractivity contribution < 1.29 is 168 Å². The van der Waals surface area contributed by atoms with Crippen LogP contribution in [0.3, 0.4) is 0 Å². The van der Waals surface area contributed by atoms with E-state index in [2.05, 4.69) is 31.3 Å². The summed E-state index contributed by atoms with van der Waals surface area (Å²) in [5.74, 6) is 0.962. The molecule has 25 atom stereocenters. The highest BCUT2D eigenvalue weighted by Gasteiger charge is 2.47. The molecule has 7 aliphatic heterocycles. The average molecular weight is 1830 g/mol. The van der Waals surface area contributed by atoms with Crippen molar-refractivity contribution >= 4 is 80.3 Å². The number of fused-ring (bicyclic) bond motifs is 4. The highest BCUT2D eigenvalue weighted by Crippen LogP contribution is 2.43. The molecule has 127 heavy (non-hydrogen) atoms. The summed E-state index contributed by atoms with van der Waals surface area (Å²) >= 11 is 10.7. The first-order valence-electron chi connectivity index (χ1n) is 39.1. The highest BCUT2D eigenvalue weighted by molar-refractivity contribution is 7.80. The number of nitrogens with two attached hydrogens (primary N) is 1. The van der Waals surface area contributed by atoms with E-state index in [-0.39, 0.29) is 74.2 Å².